The number of hydrogen-bond acceptors (Lipinski definition) is 2. The van der Waals surface area contributed by atoms with E-state index in [1.165, 1.54) is 27.4 Å². The van der Waals surface area contributed by atoms with Gasteiger partial charge in [0, 0.05) is 0 Å². The molecule has 3 heteroatoms. The predicted octanol–water partition coefficient (Wildman–Crippen LogP) is 4.77. The summed E-state index contributed by atoms with van der Waals surface area (Å²) in [5.74, 6) is 0. The maximum absolute atomic E-state index is 4.71. The standard InChI is InChI=1S/3C7H7.C5H5NS.Sn/c3*1-7-5-3-2-4-6-7;7-5-3-1-2-4-6-5;/h3*3-6H,1H3;1-4H,(H,6,7);/q;;;;+1/p-1. The van der Waals surface area contributed by atoms with Crippen LogP contribution in [0.15, 0.2) is 102 Å². The van der Waals surface area contributed by atoms with Crippen LogP contribution in [0, 0.1) is 20.8 Å². The normalized spacial score (nSPS) is 11.4. The number of pyridine rings is 1. The van der Waals surface area contributed by atoms with Crippen LogP contribution in [0.2, 0.25) is 0 Å². The van der Waals surface area contributed by atoms with E-state index in [9.17, 15) is 0 Å². The summed E-state index contributed by atoms with van der Waals surface area (Å²) in [5.41, 5.74) is 3.89. The van der Waals surface area contributed by atoms with Gasteiger partial charge in [0.1, 0.15) is 0 Å². The summed E-state index contributed by atoms with van der Waals surface area (Å²) in [4.78, 5) is 4.71. The second kappa shape index (κ2) is 8.76. The van der Waals surface area contributed by atoms with Crippen LogP contribution in [0.1, 0.15) is 16.7 Å². The third-order valence-electron chi connectivity index (χ3n) is 5.27. The maximum atomic E-state index is 4.71. The molecule has 0 radical (unpaired) electrons. The molecule has 29 heavy (non-hydrogen) atoms. The van der Waals surface area contributed by atoms with Crippen molar-refractivity contribution in [2.45, 2.75) is 25.8 Å². The number of hydrogen-bond donors (Lipinski definition) is 0. The van der Waals surface area contributed by atoms with Crippen molar-refractivity contribution in [2.75, 3.05) is 0 Å². The summed E-state index contributed by atoms with van der Waals surface area (Å²) in [6, 6.07) is 33.8. The SMILES string of the molecule is Cc1cc[c]([Sn]([S]c2ccccn2)([c]2ccc(C)cc2)[c]2ccc(C)cc2)cc1. The molecule has 1 nitrogen and oxygen atoms in total. The Kier molecular flexibility index (Phi) is 6.12. The molecule has 144 valence electrons. The fourth-order valence-electron chi connectivity index (χ4n) is 3.61. The topological polar surface area (TPSA) is 12.9 Å². The van der Waals surface area contributed by atoms with Crippen molar-refractivity contribution >= 4 is 36.7 Å². The van der Waals surface area contributed by atoms with Crippen LogP contribution in [0.3, 0.4) is 0 Å². The minimum atomic E-state index is -3.40. The third-order valence-corrected chi connectivity index (χ3v) is 25.0. The zero-order valence-corrected chi connectivity index (χ0v) is 20.8. The van der Waals surface area contributed by atoms with E-state index in [1.54, 1.807) is 0 Å². The molecule has 0 fully saturated rings. The minimum absolute atomic E-state index is 1.10. The second-order valence-corrected chi connectivity index (χ2v) is 22.9. The molecule has 3 aromatic carbocycles. The Morgan fingerprint density at radius 3 is 1.31 bits per heavy atom. The van der Waals surface area contributed by atoms with Gasteiger partial charge in [-0.15, -0.1) is 0 Å². The van der Waals surface area contributed by atoms with E-state index in [-0.39, 0.29) is 0 Å². The van der Waals surface area contributed by atoms with Gasteiger partial charge in [-0.1, -0.05) is 0 Å². The molecule has 0 atom stereocenters. The van der Waals surface area contributed by atoms with E-state index in [0.29, 0.717) is 0 Å². The summed E-state index contributed by atoms with van der Waals surface area (Å²) in [5, 5.41) is 1.10. The average Bonchev–Trinajstić information content (AvgIpc) is 2.75. The third kappa shape index (κ3) is 4.29. The van der Waals surface area contributed by atoms with Gasteiger partial charge in [0.05, 0.1) is 0 Å². The molecule has 0 amide bonds. The number of benzene rings is 3. The van der Waals surface area contributed by atoms with Crippen LogP contribution >= 0.6 is 8.95 Å². The fourth-order valence-corrected chi connectivity index (χ4v) is 22.3. The summed E-state index contributed by atoms with van der Waals surface area (Å²) in [7, 11) is 2.01. The van der Waals surface area contributed by atoms with Crippen molar-refractivity contribution < 1.29 is 0 Å². The molecule has 4 rings (SSSR count). The Morgan fingerprint density at radius 2 is 0.966 bits per heavy atom. The number of rotatable bonds is 5. The quantitative estimate of drug-likeness (QED) is 0.365. The molecular formula is C26H25NSSn. The van der Waals surface area contributed by atoms with Gasteiger partial charge >= 0.3 is 181 Å². The molecule has 0 unspecified atom stereocenters. The van der Waals surface area contributed by atoms with Crippen molar-refractivity contribution in [3.05, 3.63) is 114 Å². The van der Waals surface area contributed by atoms with Crippen LogP contribution in [0.25, 0.3) is 0 Å². The van der Waals surface area contributed by atoms with E-state index < -0.39 is 17.0 Å². The van der Waals surface area contributed by atoms with E-state index in [4.69, 9.17) is 4.98 Å². The molecule has 1 heterocycles. The zero-order valence-electron chi connectivity index (χ0n) is 17.1. The average molecular weight is 502 g/mol. The molecule has 0 aliphatic rings. The van der Waals surface area contributed by atoms with E-state index in [1.807, 2.05) is 21.2 Å². The van der Waals surface area contributed by atoms with E-state index >= 15 is 0 Å². The fraction of sp³-hybridized carbons (Fsp3) is 0.115. The first-order chi connectivity index (χ1) is 14.1. The van der Waals surface area contributed by atoms with Crippen molar-refractivity contribution in [3.63, 3.8) is 0 Å². The van der Waals surface area contributed by atoms with Crippen molar-refractivity contribution in [2.24, 2.45) is 0 Å². The van der Waals surface area contributed by atoms with E-state index in [0.717, 1.165) is 5.03 Å². The van der Waals surface area contributed by atoms with Crippen molar-refractivity contribution in [1.82, 2.24) is 4.98 Å². The first kappa shape index (κ1) is 20.2. The van der Waals surface area contributed by atoms with Gasteiger partial charge < -0.3 is 0 Å². The Bertz CT molecular complexity index is 961. The van der Waals surface area contributed by atoms with Gasteiger partial charge in [-0.3, -0.25) is 0 Å². The first-order valence-corrected chi connectivity index (χ1v) is 18.5. The van der Waals surface area contributed by atoms with Crippen LogP contribution in [0.4, 0.5) is 0 Å². The Morgan fingerprint density at radius 1 is 0.552 bits per heavy atom. The second-order valence-electron chi connectivity index (χ2n) is 7.55. The molecule has 0 aliphatic carbocycles. The molecule has 0 N–H and O–H groups in total. The molecule has 1 aromatic heterocycles. The molecule has 0 aliphatic heterocycles. The van der Waals surface area contributed by atoms with Gasteiger partial charge in [0.2, 0.25) is 0 Å². The van der Waals surface area contributed by atoms with Crippen LogP contribution in [-0.2, 0) is 0 Å². The Balaban J connectivity index is 2.01. The summed E-state index contributed by atoms with van der Waals surface area (Å²) < 4.78 is 4.40. The number of nitrogens with zero attached hydrogens (tertiary/aromatic N) is 1. The molecule has 0 spiro atoms. The zero-order chi connectivity index (χ0) is 20.3. The Hall–Kier alpha value is -2.04. The summed E-state index contributed by atoms with van der Waals surface area (Å²) in [6.07, 6.45) is 1.90. The van der Waals surface area contributed by atoms with Crippen LogP contribution < -0.4 is 10.7 Å². The van der Waals surface area contributed by atoms with E-state index in [2.05, 4.69) is 106 Å². The summed E-state index contributed by atoms with van der Waals surface area (Å²) in [6.45, 7) is 6.47. The monoisotopic (exact) mass is 503 g/mol. The van der Waals surface area contributed by atoms with Gasteiger partial charge in [-0.05, 0) is 0 Å². The van der Waals surface area contributed by atoms with Gasteiger partial charge in [-0.2, -0.15) is 0 Å². The Labute approximate surface area is 180 Å². The molecule has 0 bridgehead atoms. The van der Waals surface area contributed by atoms with Crippen molar-refractivity contribution in [3.8, 4) is 0 Å². The van der Waals surface area contributed by atoms with Crippen LogP contribution in [0.5, 0.6) is 0 Å². The summed E-state index contributed by atoms with van der Waals surface area (Å²) >= 11 is -3.40. The molecule has 4 aromatic rings. The van der Waals surface area contributed by atoms with Gasteiger partial charge in [0.25, 0.3) is 0 Å². The van der Waals surface area contributed by atoms with Gasteiger partial charge in [-0.25, -0.2) is 0 Å². The molecule has 0 saturated heterocycles. The van der Waals surface area contributed by atoms with Crippen molar-refractivity contribution in [1.29, 1.82) is 0 Å². The molecule has 0 saturated carbocycles. The predicted molar refractivity (Wildman–Crippen MR) is 128 cm³/mol. The number of aromatic nitrogens is 1. The molecular weight excluding hydrogens is 477 g/mol. The number of aryl methyl sites for hydroxylation is 3. The van der Waals surface area contributed by atoms with Crippen LogP contribution in [-0.4, -0.2) is 22.0 Å². The first-order valence-electron chi connectivity index (χ1n) is 9.89. The van der Waals surface area contributed by atoms with Gasteiger partial charge in [0.15, 0.2) is 0 Å².